The van der Waals surface area contributed by atoms with Crippen LogP contribution in [0.15, 0.2) is 16.9 Å². The van der Waals surface area contributed by atoms with Gasteiger partial charge in [-0.25, -0.2) is 4.98 Å². The van der Waals surface area contributed by atoms with E-state index in [0.29, 0.717) is 21.5 Å². The Bertz CT molecular complexity index is 264. The molecule has 0 unspecified atom stereocenters. The van der Waals surface area contributed by atoms with E-state index in [9.17, 15) is 4.79 Å². The summed E-state index contributed by atoms with van der Waals surface area (Å²) in [5.41, 5.74) is 0.448. The molecule has 2 nitrogen and oxygen atoms in total. The summed E-state index contributed by atoms with van der Waals surface area (Å²) in [7, 11) is 0. The maximum absolute atomic E-state index is 10.2. The number of hydrogen-bond donors (Lipinski definition) is 0. The van der Waals surface area contributed by atoms with E-state index >= 15 is 0 Å². The fourth-order valence-corrected chi connectivity index (χ4v) is 1.03. The lowest BCUT2D eigenvalue weighted by Crippen LogP contribution is -1.84. The van der Waals surface area contributed by atoms with Crippen molar-refractivity contribution in [1.29, 1.82) is 0 Å². The number of halogens is 2. The first-order chi connectivity index (χ1) is 4.75. The van der Waals surface area contributed by atoms with Crippen LogP contribution in [0.5, 0.6) is 0 Å². The lowest BCUT2D eigenvalue weighted by atomic mass is 10.3. The van der Waals surface area contributed by atoms with E-state index in [2.05, 4.69) is 20.9 Å². The Balaban J connectivity index is 3.27. The highest BCUT2D eigenvalue weighted by Crippen LogP contribution is 2.21. The molecular formula is C6H3BrClNO. The molecule has 1 rings (SSSR count). The Labute approximate surface area is 71.3 Å². The van der Waals surface area contributed by atoms with Gasteiger partial charge in [0.15, 0.2) is 6.29 Å². The van der Waals surface area contributed by atoms with Crippen molar-refractivity contribution in [2.75, 3.05) is 0 Å². The Morgan fingerprint density at radius 2 is 2.40 bits per heavy atom. The van der Waals surface area contributed by atoms with Crippen molar-refractivity contribution in [3.8, 4) is 0 Å². The third-order valence-corrected chi connectivity index (χ3v) is 2.23. The Morgan fingerprint density at radius 1 is 1.70 bits per heavy atom. The fraction of sp³-hybridized carbons (Fsp3) is 0. The van der Waals surface area contributed by atoms with Gasteiger partial charge in [0.05, 0.1) is 5.02 Å². The predicted octanol–water partition coefficient (Wildman–Crippen LogP) is 2.31. The smallest absolute Gasteiger partial charge is 0.151 e. The number of nitrogens with zero attached hydrogens (tertiary/aromatic N) is 1. The summed E-state index contributed by atoms with van der Waals surface area (Å²) in [4.78, 5) is 14.1. The molecule has 0 aliphatic carbocycles. The fourth-order valence-electron chi connectivity index (χ4n) is 0.523. The van der Waals surface area contributed by atoms with Crippen LogP contribution in [0.4, 0.5) is 0 Å². The lowest BCUT2D eigenvalue weighted by Gasteiger charge is -1.94. The topological polar surface area (TPSA) is 30.0 Å². The minimum atomic E-state index is 0.359. The highest BCUT2D eigenvalue weighted by atomic mass is 79.9. The van der Waals surface area contributed by atoms with Crippen LogP contribution in [-0.2, 0) is 0 Å². The standard InChI is InChI=1S/C6H3BrClNO/c7-6-5(8)4(3-10)1-2-9-6/h1-3H. The van der Waals surface area contributed by atoms with Crippen LogP contribution < -0.4 is 0 Å². The molecule has 0 fully saturated rings. The molecule has 0 aliphatic rings. The summed E-state index contributed by atoms with van der Waals surface area (Å²) in [5.74, 6) is 0. The summed E-state index contributed by atoms with van der Waals surface area (Å²) >= 11 is 8.74. The molecule has 0 saturated heterocycles. The van der Waals surface area contributed by atoms with Crippen molar-refractivity contribution in [3.63, 3.8) is 0 Å². The average molecular weight is 220 g/mol. The monoisotopic (exact) mass is 219 g/mol. The minimum Gasteiger partial charge on any atom is -0.298 e. The molecule has 0 atom stereocenters. The van der Waals surface area contributed by atoms with E-state index in [0.717, 1.165) is 0 Å². The van der Waals surface area contributed by atoms with Crippen LogP contribution in [0.3, 0.4) is 0 Å². The molecule has 0 saturated carbocycles. The highest BCUT2D eigenvalue weighted by molar-refractivity contribution is 9.10. The molecule has 4 heteroatoms. The van der Waals surface area contributed by atoms with Crippen molar-refractivity contribution in [2.24, 2.45) is 0 Å². The highest BCUT2D eigenvalue weighted by Gasteiger charge is 2.01. The van der Waals surface area contributed by atoms with Gasteiger partial charge in [0, 0.05) is 11.8 Å². The quantitative estimate of drug-likeness (QED) is 0.537. The largest absolute Gasteiger partial charge is 0.298 e. The normalized spacial score (nSPS) is 9.40. The van der Waals surface area contributed by atoms with Crippen molar-refractivity contribution < 1.29 is 4.79 Å². The zero-order chi connectivity index (χ0) is 7.56. The van der Waals surface area contributed by atoms with Gasteiger partial charge >= 0.3 is 0 Å². The van der Waals surface area contributed by atoms with Crippen LogP contribution in [-0.4, -0.2) is 11.3 Å². The van der Waals surface area contributed by atoms with Crippen LogP contribution in [0.2, 0.25) is 5.02 Å². The number of aldehydes is 1. The number of aromatic nitrogens is 1. The molecule has 0 aliphatic heterocycles. The Hall–Kier alpha value is -0.410. The van der Waals surface area contributed by atoms with Gasteiger partial charge in [0.25, 0.3) is 0 Å². The van der Waals surface area contributed by atoms with E-state index in [1.165, 1.54) is 6.20 Å². The molecule has 0 amide bonds. The maximum atomic E-state index is 10.2. The average Bonchev–Trinajstić information content (AvgIpc) is 1.95. The Morgan fingerprint density at radius 3 is 2.90 bits per heavy atom. The van der Waals surface area contributed by atoms with E-state index in [1.54, 1.807) is 6.07 Å². The lowest BCUT2D eigenvalue weighted by molar-refractivity contribution is 0.112. The van der Waals surface area contributed by atoms with Crippen molar-refractivity contribution in [2.45, 2.75) is 0 Å². The minimum absolute atomic E-state index is 0.359. The predicted molar refractivity (Wildman–Crippen MR) is 42.3 cm³/mol. The zero-order valence-electron chi connectivity index (χ0n) is 4.84. The van der Waals surface area contributed by atoms with E-state index in [4.69, 9.17) is 11.6 Å². The van der Waals surface area contributed by atoms with Gasteiger partial charge in [-0.1, -0.05) is 11.6 Å². The first-order valence-corrected chi connectivity index (χ1v) is 3.68. The summed E-state index contributed by atoms with van der Waals surface area (Å²) < 4.78 is 0.499. The molecule has 0 radical (unpaired) electrons. The molecule has 1 heterocycles. The third kappa shape index (κ3) is 1.36. The van der Waals surface area contributed by atoms with Gasteiger partial charge in [0.1, 0.15) is 4.60 Å². The first kappa shape index (κ1) is 7.69. The number of hydrogen-bond acceptors (Lipinski definition) is 2. The molecule has 0 N–H and O–H groups in total. The first-order valence-electron chi connectivity index (χ1n) is 2.51. The second kappa shape index (κ2) is 3.12. The Kier molecular flexibility index (Phi) is 2.40. The maximum Gasteiger partial charge on any atom is 0.151 e. The van der Waals surface area contributed by atoms with Crippen molar-refractivity contribution in [1.82, 2.24) is 4.98 Å². The zero-order valence-corrected chi connectivity index (χ0v) is 7.19. The molecule has 52 valence electrons. The third-order valence-electron chi connectivity index (χ3n) is 1.00. The van der Waals surface area contributed by atoms with Gasteiger partial charge < -0.3 is 0 Å². The van der Waals surface area contributed by atoms with Crippen molar-refractivity contribution >= 4 is 33.8 Å². The molecule has 0 aromatic carbocycles. The summed E-state index contributed by atoms with van der Waals surface area (Å²) in [6, 6.07) is 1.56. The van der Waals surface area contributed by atoms with Crippen LogP contribution in [0.1, 0.15) is 10.4 Å². The summed E-state index contributed by atoms with van der Waals surface area (Å²) in [6.45, 7) is 0. The molecule has 1 aromatic rings. The van der Waals surface area contributed by atoms with Crippen molar-refractivity contribution in [3.05, 3.63) is 27.5 Å². The number of pyridine rings is 1. The van der Waals surface area contributed by atoms with E-state index in [1.807, 2.05) is 0 Å². The van der Waals surface area contributed by atoms with Gasteiger partial charge in [0.2, 0.25) is 0 Å². The van der Waals surface area contributed by atoms with Gasteiger partial charge in [-0.15, -0.1) is 0 Å². The second-order valence-corrected chi connectivity index (χ2v) is 2.75. The summed E-state index contributed by atoms with van der Waals surface area (Å²) in [6.07, 6.45) is 2.20. The van der Waals surface area contributed by atoms with Gasteiger partial charge in [-0.3, -0.25) is 4.79 Å². The summed E-state index contributed by atoms with van der Waals surface area (Å²) in [5, 5.41) is 0.359. The van der Waals surface area contributed by atoms with Gasteiger partial charge in [-0.2, -0.15) is 0 Å². The van der Waals surface area contributed by atoms with Crippen LogP contribution in [0, 0.1) is 0 Å². The molecule has 10 heavy (non-hydrogen) atoms. The van der Waals surface area contributed by atoms with E-state index in [-0.39, 0.29) is 0 Å². The molecule has 0 spiro atoms. The second-order valence-electron chi connectivity index (χ2n) is 1.62. The van der Waals surface area contributed by atoms with E-state index < -0.39 is 0 Å². The number of carbonyl (C=O) groups is 1. The van der Waals surface area contributed by atoms with Gasteiger partial charge in [-0.05, 0) is 22.0 Å². The van der Waals surface area contributed by atoms with Crippen LogP contribution in [0.25, 0.3) is 0 Å². The molecule has 1 aromatic heterocycles. The SMILES string of the molecule is O=Cc1ccnc(Br)c1Cl. The molecular weight excluding hydrogens is 217 g/mol. The number of rotatable bonds is 1. The molecule has 0 bridgehead atoms. The van der Waals surface area contributed by atoms with Crippen LogP contribution >= 0.6 is 27.5 Å². The number of carbonyl (C=O) groups excluding carboxylic acids is 1.